The van der Waals surface area contributed by atoms with Gasteiger partial charge < -0.3 is 10.2 Å². The van der Waals surface area contributed by atoms with E-state index in [1.54, 1.807) is 23.1 Å². The predicted octanol–water partition coefficient (Wildman–Crippen LogP) is 3.92. The SMILES string of the molecule is CCN(CC)C(=O)c1ccc(NCCc2ccc(Cl)cc2Cl)nn1. The van der Waals surface area contributed by atoms with Gasteiger partial charge in [0.15, 0.2) is 5.69 Å². The molecule has 24 heavy (non-hydrogen) atoms. The molecule has 0 radical (unpaired) electrons. The molecule has 5 nitrogen and oxygen atoms in total. The van der Waals surface area contributed by atoms with Crippen LogP contribution in [0.25, 0.3) is 0 Å². The molecule has 0 saturated carbocycles. The molecule has 1 N–H and O–H groups in total. The molecule has 0 spiro atoms. The van der Waals surface area contributed by atoms with Gasteiger partial charge in [-0.05, 0) is 50.1 Å². The maximum Gasteiger partial charge on any atom is 0.274 e. The summed E-state index contributed by atoms with van der Waals surface area (Å²) in [5.41, 5.74) is 1.36. The van der Waals surface area contributed by atoms with E-state index in [1.165, 1.54) is 0 Å². The van der Waals surface area contributed by atoms with Crippen LogP contribution in [0.2, 0.25) is 10.0 Å². The third kappa shape index (κ3) is 4.82. The molecule has 0 saturated heterocycles. The van der Waals surface area contributed by atoms with E-state index in [-0.39, 0.29) is 5.91 Å². The minimum atomic E-state index is -0.105. The molecule has 7 heteroatoms. The van der Waals surface area contributed by atoms with Crippen molar-refractivity contribution in [2.24, 2.45) is 0 Å². The zero-order valence-corrected chi connectivity index (χ0v) is 15.2. The zero-order valence-electron chi connectivity index (χ0n) is 13.7. The number of hydrogen-bond donors (Lipinski definition) is 1. The monoisotopic (exact) mass is 366 g/mol. The Kier molecular flexibility index (Phi) is 6.82. The van der Waals surface area contributed by atoms with Crippen molar-refractivity contribution in [3.63, 3.8) is 0 Å². The quantitative estimate of drug-likeness (QED) is 0.806. The molecule has 0 atom stereocenters. The fraction of sp³-hybridized carbons (Fsp3) is 0.353. The molecule has 1 heterocycles. The van der Waals surface area contributed by atoms with Crippen LogP contribution in [0.5, 0.6) is 0 Å². The largest absolute Gasteiger partial charge is 0.368 e. The summed E-state index contributed by atoms with van der Waals surface area (Å²) in [6.45, 7) is 5.83. The number of nitrogens with zero attached hydrogens (tertiary/aromatic N) is 3. The molecule has 0 aliphatic rings. The molecule has 0 bridgehead atoms. The topological polar surface area (TPSA) is 58.1 Å². The average molecular weight is 367 g/mol. The number of amides is 1. The number of hydrogen-bond acceptors (Lipinski definition) is 4. The van der Waals surface area contributed by atoms with Gasteiger partial charge in [0.25, 0.3) is 5.91 Å². The Bertz CT molecular complexity index is 687. The highest BCUT2D eigenvalue weighted by atomic mass is 35.5. The number of nitrogens with one attached hydrogen (secondary N) is 1. The van der Waals surface area contributed by atoms with Gasteiger partial charge in [-0.3, -0.25) is 4.79 Å². The lowest BCUT2D eigenvalue weighted by Crippen LogP contribution is -2.31. The highest BCUT2D eigenvalue weighted by Crippen LogP contribution is 2.21. The number of halogens is 2. The summed E-state index contributed by atoms with van der Waals surface area (Å²) < 4.78 is 0. The first-order valence-electron chi connectivity index (χ1n) is 7.86. The number of aromatic nitrogens is 2. The van der Waals surface area contributed by atoms with Crippen LogP contribution < -0.4 is 5.32 Å². The summed E-state index contributed by atoms with van der Waals surface area (Å²) in [7, 11) is 0. The second kappa shape index (κ2) is 8.85. The molecule has 1 aromatic carbocycles. The Morgan fingerprint density at radius 2 is 1.88 bits per heavy atom. The van der Waals surface area contributed by atoms with Crippen LogP contribution in [0, 0.1) is 0 Å². The first-order chi connectivity index (χ1) is 11.5. The Labute approximate surface area is 152 Å². The number of rotatable bonds is 7. The Balaban J connectivity index is 1.91. The fourth-order valence-electron chi connectivity index (χ4n) is 2.26. The Morgan fingerprint density at radius 1 is 1.12 bits per heavy atom. The number of carbonyl (C=O) groups excluding carboxylic acids is 1. The highest BCUT2D eigenvalue weighted by molar-refractivity contribution is 6.35. The van der Waals surface area contributed by atoms with Gasteiger partial charge >= 0.3 is 0 Å². The number of carbonyl (C=O) groups is 1. The molecule has 0 fully saturated rings. The van der Waals surface area contributed by atoms with Gasteiger partial charge in [-0.2, -0.15) is 0 Å². The van der Waals surface area contributed by atoms with Crippen molar-refractivity contribution in [3.05, 3.63) is 51.6 Å². The second-order valence-corrected chi connectivity index (χ2v) is 6.04. The first-order valence-corrected chi connectivity index (χ1v) is 8.61. The van der Waals surface area contributed by atoms with Crippen molar-refractivity contribution in [1.29, 1.82) is 0 Å². The maximum atomic E-state index is 12.2. The van der Waals surface area contributed by atoms with Crippen molar-refractivity contribution < 1.29 is 4.79 Å². The molecular formula is C17H20Cl2N4O. The molecule has 0 aliphatic heterocycles. The van der Waals surface area contributed by atoms with Gasteiger partial charge in [-0.15, -0.1) is 10.2 Å². The van der Waals surface area contributed by atoms with Crippen LogP contribution in [-0.4, -0.2) is 40.6 Å². The van der Waals surface area contributed by atoms with Crippen molar-refractivity contribution >= 4 is 34.9 Å². The van der Waals surface area contributed by atoms with Crippen LogP contribution in [0.1, 0.15) is 29.9 Å². The summed E-state index contributed by atoms with van der Waals surface area (Å²) in [6, 6.07) is 8.89. The molecule has 2 rings (SSSR count). The molecular weight excluding hydrogens is 347 g/mol. The van der Waals surface area contributed by atoms with Crippen LogP contribution in [-0.2, 0) is 6.42 Å². The maximum absolute atomic E-state index is 12.2. The van der Waals surface area contributed by atoms with Crippen LogP contribution in [0.4, 0.5) is 5.82 Å². The van der Waals surface area contributed by atoms with Gasteiger partial charge in [0.05, 0.1) is 0 Å². The van der Waals surface area contributed by atoms with Gasteiger partial charge in [-0.1, -0.05) is 29.3 Å². The predicted molar refractivity (Wildman–Crippen MR) is 97.9 cm³/mol. The van der Waals surface area contributed by atoms with Crippen molar-refractivity contribution in [1.82, 2.24) is 15.1 Å². The second-order valence-electron chi connectivity index (χ2n) is 5.19. The van der Waals surface area contributed by atoms with Crippen molar-refractivity contribution in [3.8, 4) is 0 Å². The zero-order chi connectivity index (χ0) is 17.5. The minimum absolute atomic E-state index is 0.105. The van der Waals surface area contributed by atoms with E-state index in [0.717, 1.165) is 12.0 Å². The molecule has 1 amide bonds. The number of anilines is 1. The third-order valence-corrected chi connectivity index (χ3v) is 4.24. The third-order valence-electron chi connectivity index (χ3n) is 3.65. The molecule has 2 aromatic rings. The fourth-order valence-corrected chi connectivity index (χ4v) is 2.77. The lowest BCUT2D eigenvalue weighted by molar-refractivity contribution is 0.0766. The Morgan fingerprint density at radius 3 is 2.46 bits per heavy atom. The normalized spacial score (nSPS) is 10.5. The van der Waals surface area contributed by atoms with Gasteiger partial charge in [-0.25, -0.2) is 0 Å². The lowest BCUT2D eigenvalue weighted by atomic mass is 10.1. The summed E-state index contributed by atoms with van der Waals surface area (Å²) in [4.78, 5) is 13.9. The van der Waals surface area contributed by atoms with E-state index >= 15 is 0 Å². The Hall–Kier alpha value is -1.85. The van der Waals surface area contributed by atoms with E-state index in [2.05, 4.69) is 15.5 Å². The van der Waals surface area contributed by atoms with E-state index in [4.69, 9.17) is 23.2 Å². The lowest BCUT2D eigenvalue weighted by Gasteiger charge is -2.17. The van der Waals surface area contributed by atoms with Crippen molar-refractivity contribution in [2.75, 3.05) is 25.0 Å². The van der Waals surface area contributed by atoms with E-state index in [0.29, 0.717) is 41.2 Å². The average Bonchev–Trinajstić information content (AvgIpc) is 2.58. The van der Waals surface area contributed by atoms with Gasteiger partial charge in [0.2, 0.25) is 0 Å². The van der Waals surface area contributed by atoms with E-state index in [9.17, 15) is 4.79 Å². The van der Waals surface area contributed by atoms with Gasteiger partial charge in [0.1, 0.15) is 5.82 Å². The first kappa shape index (κ1) is 18.5. The van der Waals surface area contributed by atoms with Crippen LogP contribution >= 0.6 is 23.2 Å². The molecule has 0 aliphatic carbocycles. The highest BCUT2D eigenvalue weighted by Gasteiger charge is 2.14. The standard InChI is InChI=1S/C17H20Cl2N4O/c1-3-23(4-2)17(24)15-7-8-16(22-21-15)20-10-9-12-5-6-13(18)11-14(12)19/h5-8,11H,3-4,9-10H2,1-2H3,(H,20,22). The van der Waals surface area contributed by atoms with Crippen LogP contribution in [0.15, 0.2) is 30.3 Å². The van der Waals surface area contributed by atoms with Crippen LogP contribution in [0.3, 0.4) is 0 Å². The molecule has 1 aromatic heterocycles. The molecule has 128 valence electrons. The summed E-state index contributed by atoms with van der Waals surface area (Å²) in [6.07, 6.45) is 0.734. The minimum Gasteiger partial charge on any atom is -0.368 e. The summed E-state index contributed by atoms with van der Waals surface area (Å²) in [5, 5.41) is 12.5. The smallest absolute Gasteiger partial charge is 0.274 e. The van der Waals surface area contributed by atoms with E-state index in [1.807, 2.05) is 26.0 Å². The van der Waals surface area contributed by atoms with E-state index < -0.39 is 0 Å². The van der Waals surface area contributed by atoms with Crippen molar-refractivity contribution in [2.45, 2.75) is 20.3 Å². The number of benzene rings is 1. The van der Waals surface area contributed by atoms with Gasteiger partial charge in [0, 0.05) is 29.7 Å². The summed E-state index contributed by atoms with van der Waals surface area (Å²) >= 11 is 12.0. The summed E-state index contributed by atoms with van der Waals surface area (Å²) in [5.74, 6) is 0.517. The molecule has 0 unspecified atom stereocenters.